The lowest BCUT2D eigenvalue weighted by molar-refractivity contribution is -0.384. The van der Waals surface area contributed by atoms with E-state index in [4.69, 9.17) is 4.74 Å². The highest BCUT2D eigenvalue weighted by molar-refractivity contribution is 6.18. The Bertz CT molecular complexity index is 1870. The molecule has 0 aromatic heterocycles. The summed E-state index contributed by atoms with van der Waals surface area (Å²) < 4.78 is 5.40. The topological polar surface area (TPSA) is 119 Å². The summed E-state index contributed by atoms with van der Waals surface area (Å²) in [4.78, 5) is 56.6. The summed E-state index contributed by atoms with van der Waals surface area (Å²) in [6.07, 6.45) is 3.83. The van der Waals surface area contributed by atoms with Crippen LogP contribution < -0.4 is 15.0 Å². The van der Waals surface area contributed by atoms with Crippen LogP contribution in [0.1, 0.15) is 31.8 Å². The largest absolute Gasteiger partial charge is 0.497 e. The van der Waals surface area contributed by atoms with Crippen molar-refractivity contribution >= 4 is 40.6 Å². The molecule has 9 nitrogen and oxygen atoms in total. The molecule has 9 heteroatoms. The van der Waals surface area contributed by atoms with Gasteiger partial charge in [-0.25, -0.2) is 0 Å². The minimum Gasteiger partial charge on any atom is -0.497 e. The fraction of sp³-hybridized carbons (Fsp3) is 0.147. The Kier molecular flexibility index (Phi) is 5.98. The predicted octanol–water partition coefficient (Wildman–Crippen LogP) is 5.46. The normalized spacial score (nSPS) is 22.9. The Morgan fingerprint density at radius 2 is 1.65 bits per heavy atom. The number of hydrogen-bond donors (Lipinski definition) is 1. The van der Waals surface area contributed by atoms with Gasteiger partial charge in [0.05, 0.1) is 24.0 Å². The fourth-order valence-electron chi connectivity index (χ4n) is 6.99. The summed E-state index contributed by atoms with van der Waals surface area (Å²) in [6, 6.07) is 25.1. The van der Waals surface area contributed by atoms with Gasteiger partial charge >= 0.3 is 0 Å². The summed E-state index contributed by atoms with van der Waals surface area (Å²) in [6.45, 7) is 0. The Balaban J connectivity index is 1.51. The molecule has 4 atom stereocenters. The van der Waals surface area contributed by atoms with Crippen molar-refractivity contribution in [2.45, 2.75) is 17.5 Å². The zero-order chi connectivity index (χ0) is 29.9. The van der Waals surface area contributed by atoms with Gasteiger partial charge in [-0.3, -0.25) is 24.5 Å². The van der Waals surface area contributed by atoms with Gasteiger partial charge in [-0.1, -0.05) is 60.7 Å². The maximum atomic E-state index is 14.8. The number of ketones is 2. The van der Waals surface area contributed by atoms with E-state index in [-0.39, 0.29) is 22.9 Å². The fourth-order valence-corrected chi connectivity index (χ4v) is 6.99. The smallest absolute Gasteiger partial charge is 0.269 e. The first-order valence-corrected chi connectivity index (χ1v) is 13.8. The second-order valence-electron chi connectivity index (χ2n) is 10.8. The molecule has 0 aliphatic carbocycles. The predicted molar refractivity (Wildman–Crippen MR) is 161 cm³/mol. The van der Waals surface area contributed by atoms with Crippen LogP contribution in [0.4, 0.5) is 17.1 Å². The lowest BCUT2D eigenvalue weighted by Crippen LogP contribution is -2.51. The number of carbonyl (C=O) groups is 3. The van der Waals surface area contributed by atoms with E-state index in [1.807, 2.05) is 59.5 Å². The van der Waals surface area contributed by atoms with Crippen LogP contribution >= 0.6 is 0 Å². The third kappa shape index (κ3) is 3.74. The summed E-state index contributed by atoms with van der Waals surface area (Å²) in [5, 5.41) is 14.3. The van der Waals surface area contributed by atoms with Gasteiger partial charge in [0.15, 0.2) is 11.6 Å². The highest BCUT2D eigenvalue weighted by Gasteiger charge is 2.70. The highest BCUT2D eigenvalue weighted by Crippen LogP contribution is 2.58. The number of fused-ring (bicyclic) bond motifs is 6. The van der Waals surface area contributed by atoms with E-state index in [9.17, 15) is 24.5 Å². The first-order chi connectivity index (χ1) is 20.9. The number of benzene rings is 4. The number of hydrogen-bond acceptors (Lipinski definition) is 7. The van der Waals surface area contributed by atoms with Crippen molar-refractivity contribution < 1.29 is 24.0 Å². The van der Waals surface area contributed by atoms with Crippen LogP contribution in [0.25, 0.3) is 6.08 Å². The van der Waals surface area contributed by atoms with E-state index in [1.54, 1.807) is 30.3 Å². The van der Waals surface area contributed by atoms with E-state index in [0.717, 1.165) is 5.56 Å². The Morgan fingerprint density at radius 3 is 2.42 bits per heavy atom. The van der Waals surface area contributed by atoms with Crippen LogP contribution in [0, 0.1) is 16.0 Å². The van der Waals surface area contributed by atoms with Crippen LogP contribution in [0.15, 0.2) is 103 Å². The number of anilines is 2. The number of Topliss-reactive ketones (excluding diaryl/α,β-unsaturated/α-hetero) is 2. The van der Waals surface area contributed by atoms with Crippen LogP contribution in [0.3, 0.4) is 0 Å². The van der Waals surface area contributed by atoms with Gasteiger partial charge in [-0.15, -0.1) is 0 Å². The number of nitrogens with zero attached hydrogens (tertiary/aromatic N) is 2. The van der Waals surface area contributed by atoms with Crippen molar-refractivity contribution in [3.05, 3.63) is 136 Å². The van der Waals surface area contributed by atoms with Gasteiger partial charge in [-0.05, 0) is 47.5 Å². The molecule has 4 aromatic rings. The molecular weight excluding hydrogens is 546 g/mol. The molecule has 1 fully saturated rings. The molecule has 1 spiro atoms. The van der Waals surface area contributed by atoms with Gasteiger partial charge in [0.2, 0.25) is 5.91 Å². The molecule has 43 heavy (non-hydrogen) atoms. The van der Waals surface area contributed by atoms with E-state index in [1.165, 1.54) is 31.4 Å². The zero-order valence-corrected chi connectivity index (χ0v) is 23.0. The van der Waals surface area contributed by atoms with Gasteiger partial charge in [0.25, 0.3) is 5.69 Å². The van der Waals surface area contributed by atoms with Gasteiger partial charge in [-0.2, -0.15) is 0 Å². The Labute approximate surface area is 246 Å². The number of non-ortho nitro benzene ring substituents is 1. The summed E-state index contributed by atoms with van der Waals surface area (Å²) in [5.74, 6) is -1.86. The number of nitro benzene ring substituents is 1. The van der Waals surface area contributed by atoms with Gasteiger partial charge in [0, 0.05) is 34.6 Å². The molecule has 1 saturated heterocycles. The number of ether oxygens (including phenoxy) is 1. The van der Waals surface area contributed by atoms with Crippen molar-refractivity contribution in [1.82, 2.24) is 0 Å². The second kappa shape index (κ2) is 9.77. The molecule has 212 valence electrons. The molecule has 0 radical (unpaired) electrons. The summed E-state index contributed by atoms with van der Waals surface area (Å²) in [5.41, 5.74) is 1.68. The molecule has 7 rings (SSSR count). The molecular formula is C34H25N3O6. The molecule has 1 amide bonds. The minimum absolute atomic E-state index is 0.156. The molecule has 0 bridgehead atoms. The number of rotatable bonds is 6. The summed E-state index contributed by atoms with van der Waals surface area (Å²) >= 11 is 0. The molecule has 3 aliphatic rings. The number of carbonyl (C=O) groups excluding carboxylic acids is 3. The SMILES string of the molecule is COc1cccc(C(=O)[C@H]2[C@H](C(=O)c3ccc([N+](=O)[O-])cc3)N3c4ccccc4C=C[C@@H]3[C@]23C(=O)Nc2ccccc23)c1. The molecule has 4 aromatic carbocycles. The zero-order valence-electron chi connectivity index (χ0n) is 23.0. The van der Waals surface area contributed by atoms with Gasteiger partial charge < -0.3 is 15.0 Å². The quantitative estimate of drug-likeness (QED) is 0.185. The summed E-state index contributed by atoms with van der Waals surface area (Å²) in [7, 11) is 1.50. The second-order valence-corrected chi connectivity index (χ2v) is 10.8. The number of amides is 1. The Hall–Kier alpha value is -5.57. The molecule has 1 N–H and O–H groups in total. The third-order valence-electron chi connectivity index (χ3n) is 8.81. The van der Waals surface area contributed by atoms with Crippen molar-refractivity contribution in [2.75, 3.05) is 17.3 Å². The average Bonchev–Trinajstić information content (AvgIpc) is 3.52. The lowest BCUT2D eigenvalue weighted by atomic mass is 9.64. The van der Waals surface area contributed by atoms with Crippen LogP contribution in [-0.4, -0.2) is 41.6 Å². The standard InChI is InChI=1S/C34H25N3O6/c1-43-24-9-6-8-22(19-24)31(38)29-30(32(39)21-13-16-23(17-14-21)37(41)42)36-27-12-5-2-7-20(27)15-18-28(36)34(29)25-10-3-4-11-26(25)35-33(34)40/h2-19,28-30H,1H3,(H,35,40)/t28-,29-,30-,34+/m1/s1. The van der Waals surface area contributed by atoms with Crippen molar-refractivity contribution in [3.8, 4) is 5.75 Å². The average molecular weight is 572 g/mol. The maximum Gasteiger partial charge on any atom is 0.269 e. The lowest BCUT2D eigenvalue weighted by Gasteiger charge is -2.37. The minimum atomic E-state index is -1.46. The third-order valence-corrected chi connectivity index (χ3v) is 8.81. The number of nitrogens with one attached hydrogen (secondary N) is 1. The van der Waals surface area contributed by atoms with Crippen molar-refractivity contribution in [1.29, 1.82) is 0 Å². The number of methoxy groups -OCH3 is 1. The molecule has 0 saturated carbocycles. The Morgan fingerprint density at radius 1 is 0.907 bits per heavy atom. The van der Waals surface area contributed by atoms with E-state index in [2.05, 4.69) is 5.32 Å². The van der Waals surface area contributed by atoms with Crippen molar-refractivity contribution in [2.24, 2.45) is 5.92 Å². The first-order valence-electron chi connectivity index (χ1n) is 13.8. The van der Waals surface area contributed by atoms with Crippen LogP contribution in [0.2, 0.25) is 0 Å². The van der Waals surface area contributed by atoms with E-state index in [0.29, 0.717) is 28.3 Å². The number of nitro groups is 1. The number of para-hydroxylation sites is 2. The molecule has 0 unspecified atom stereocenters. The molecule has 3 aliphatic heterocycles. The van der Waals surface area contributed by atoms with Gasteiger partial charge in [0.1, 0.15) is 17.2 Å². The molecule has 3 heterocycles. The monoisotopic (exact) mass is 571 g/mol. The van der Waals surface area contributed by atoms with Crippen LogP contribution in [0.5, 0.6) is 5.75 Å². The van der Waals surface area contributed by atoms with Crippen LogP contribution in [-0.2, 0) is 10.2 Å². The first kappa shape index (κ1) is 26.3. The van der Waals surface area contributed by atoms with E-state index < -0.39 is 34.1 Å². The highest BCUT2D eigenvalue weighted by atomic mass is 16.6. The van der Waals surface area contributed by atoms with Crippen molar-refractivity contribution in [3.63, 3.8) is 0 Å². The maximum absolute atomic E-state index is 14.8. The van der Waals surface area contributed by atoms with E-state index >= 15 is 0 Å².